The number of carboxylic acids is 1. The summed E-state index contributed by atoms with van der Waals surface area (Å²) in [6.45, 7) is 3.93. The van der Waals surface area contributed by atoms with Crippen molar-refractivity contribution in [2.45, 2.75) is 36.8 Å². The molecule has 106 valence electrons. The molecule has 0 bridgehead atoms. The summed E-state index contributed by atoms with van der Waals surface area (Å²) in [4.78, 5) is 24.8. The first-order chi connectivity index (χ1) is 9.52. The maximum absolute atomic E-state index is 12.1. The van der Waals surface area contributed by atoms with Crippen LogP contribution in [-0.4, -0.2) is 22.1 Å². The Morgan fingerprint density at radius 1 is 1.45 bits per heavy atom. The molecule has 3 rings (SSSR count). The minimum absolute atomic E-state index is 0.0158. The smallest absolute Gasteiger partial charge is 0.310 e. The number of fused-ring (bicyclic) bond motifs is 1. The zero-order valence-electron chi connectivity index (χ0n) is 11.6. The van der Waals surface area contributed by atoms with Gasteiger partial charge in [-0.15, -0.1) is 11.8 Å². The molecule has 0 aliphatic heterocycles. The van der Waals surface area contributed by atoms with Gasteiger partial charge in [-0.05, 0) is 30.9 Å². The monoisotopic (exact) mass is 290 g/mol. The lowest BCUT2D eigenvalue weighted by atomic mass is 9.92. The van der Waals surface area contributed by atoms with Crippen molar-refractivity contribution in [3.05, 3.63) is 29.8 Å². The zero-order chi connectivity index (χ0) is 14.5. The summed E-state index contributed by atoms with van der Waals surface area (Å²) in [6.07, 6.45) is 1.07. The number of carboxylic acid groups (broad SMARTS) is 1. The van der Waals surface area contributed by atoms with Gasteiger partial charge >= 0.3 is 5.97 Å². The second kappa shape index (κ2) is 4.62. The quantitative estimate of drug-likeness (QED) is 0.925. The van der Waals surface area contributed by atoms with Crippen LogP contribution in [0.3, 0.4) is 0 Å². The van der Waals surface area contributed by atoms with Crippen LogP contribution in [0.2, 0.25) is 0 Å². The molecule has 4 atom stereocenters. The molecule has 1 N–H and O–H groups in total. The lowest BCUT2D eigenvalue weighted by Crippen LogP contribution is -2.26. The van der Waals surface area contributed by atoms with Gasteiger partial charge in [-0.2, -0.15) is 0 Å². The van der Waals surface area contributed by atoms with Gasteiger partial charge < -0.3 is 5.11 Å². The van der Waals surface area contributed by atoms with Gasteiger partial charge in [0.25, 0.3) is 0 Å². The molecular formula is C16H18O3S. The molecular weight excluding hydrogens is 272 g/mol. The van der Waals surface area contributed by atoms with Crippen molar-refractivity contribution in [3.8, 4) is 0 Å². The Labute approximate surface area is 122 Å². The maximum atomic E-state index is 12.1. The SMILES string of the molecule is CCC1(C(=O)O)C2C(=O)CC(Sc3ccccc3C)C21. The van der Waals surface area contributed by atoms with Crippen LogP contribution in [0.1, 0.15) is 25.3 Å². The third kappa shape index (κ3) is 1.74. The molecule has 1 aromatic carbocycles. The van der Waals surface area contributed by atoms with Gasteiger partial charge in [0.1, 0.15) is 5.78 Å². The van der Waals surface area contributed by atoms with E-state index in [1.54, 1.807) is 11.8 Å². The number of ketones is 1. The summed E-state index contributed by atoms with van der Waals surface area (Å²) in [7, 11) is 0. The fourth-order valence-electron chi connectivity index (χ4n) is 3.80. The molecule has 0 heterocycles. The third-order valence-corrected chi connectivity index (χ3v) is 6.38. The van der Waals surface area contributed by atoms with Gasteiger partial charge in [-0.1, -0.05) is 25.1 Å². The van der Waals surface area contributed by atoms with E-state index in [9.17, 15) is 14.7 Å². The minimum Gasteiger partial charge on any atom is -0.481 e. The second-order valence-corrected chi connectivity index (χ2v) is 7.08. The van der Waals surface area contributed by atoms with Crippen LogP contribution in [0.5, 0.6) is 0 Å². The van der Waals surface area contributed by atoms with E-state index in [0.29, 0.717) is 12.8 Å². The summed E-state index contributed by atoms with van der Waals surface area (Å²) in [5, 5.41) is 9.62. The summed E-state index contributed by atoms with van der Waals surface area (Å²) in [5.41, 5.74) is 0.404. The predicted octanol–water partition coefficient (Wildman–Crippen LogP) is 3.16. The number of hydrogen-bond donors (Lipinski definition) is 1. The summed E-state index contributed by atoms with van der Waals surface area (Å²) in [6, 6.07) is 8.08. The van der Waals surface area contributed by atoms with E-state index in [0.717, 1.165) is 4.90 Å². The van der Waals surface area contributed by atoms with E-state index >= 15 is 0 Å². The van der Waals surface area contributed by atoms with Gasteiger partial charge in [0.15, 0.2) is 0 Å². The number of carbonyl (C=O) groups is 2. The van der Waals surface area contributed by atoms with E-state index in [4.69, 9.17) is 0 Å². The molecule has 3 nitrogen and oxygen atoms in total. The van der Waals surface area contributed by atoms with Gasteiger partial charge in [-0.3, -0.25) is 9.59 Å². The predicted molar refractivity (Wildman–Crippen MR) is 77.8 cm³/mol. The number of aliphatic carboxylic acids is 1. The van der Waals surface area contributed by atoms with Crippen LogP contribution >= 0.6 is 11.8 Å². The van der Waals surface area contributed by atoms with Crippen molar-refractivity contribution < 1.29 is 14.7 Å². The Balaban J connectivity index is 1.85. The van der Waals surface area contributed by atoms with Crippen LogP contribution < -0.4 is 0 Å². The highest BCUT2D eigenvalue weighted by Crippen LogP contribution is 2.70. The lowest BCUT2D eigenvalue weighted by Gasteiger charge is -2.19. The highest BCUT2D eigenvalue weighted by atomic mass is 32.2. The van der Waals surface area contributed by atoms with Gasteiger partial charge in [-0.25, -0.2) is 0 Å². The molecule has 4 unspecified atom stereocenters. The first-order valence-corrected chi connectivity index (χ1v) is 7.88. The average Bonchev–Trinajstić information content (AvgIpc) is 3.01. The number of thioether (sulfide) groups is 1. The fraction of sp³-hybridized carbons (Fsp3) is 0.500. The molecule has 2 fully saturated rings. The molecule has 1 aromatic rings. The van der Waals surface area contributed by atoms with Crippen LogP contribution in [0, 0.1) is 24.2 Å². The molecule has 20 heavy (non-hydrogen) atoms. The number of hydrogen-bond acceptors (Lipinski definition) is 3. The van der Waals surface area contributed by atoms with E-state index in [1.807, 2.05) is 32.0 Å². The van der Waals surface area contributed by atoms with Crippen molar-refractivity contribution in [2.24, 2.45) is 17.3 Å². The summed E-state index contributed by atoms with van der Waals surface area (Å²) in [5.74, 6) is -0.877. The number of benzene rings is 1. The van der Waals surface area contributed by atoms with Crippen molar-refractivity contribution in [2.75, 3.05) is 0 Å². The van der Waals surface area contributed by atoms with Gasteiger partial charge in [0.2, 0.25) is 0 Å². The molecule has 4 heteroatoms. The molecule has 0 amide bonds. The van der Waals surface area contributed by atoms with E-state index in [-0.39, 0.29) is 22.9 Å². The standard InChI is InChI=1S/C16H18O3S/c1-3-16(15(18)19)13-10(17)8-12(14(13)16)20-11-7-5-4-6-9(11)2/h4-7,12-14H,3,8H2,1-2H3,(H,18,19). The molecule has 0 radical (unpaired) electrons. The number of aryl methyl sites for hydroxylation is 1. The van der Waals surface area contributed by atoms with E-state index < -0.39 is 11.4 Å². The largest absolute Gasteiger partial charge is 0.481 e. The lowest BCUT2D eigenvalue weighted by molar-refractivity contribution is -0.146. The van der Waals surface area contributed by atoms with Crippen molar-refractivity contribution in [1.29, 1.82) is 0 Å². The number of Topliss-reactive ketones (excluding diaryl/α,β-unsaturated/α-hetero) is 1. The molecule has 0 spiro atoms. The number of carbonyl (C=O) groups excluding carboxylic acids is 1. The Morgan fingerprint density at radius 3 is 2.70 bits per heavy atom. The Bertz CT molecular complexity index is 583. The highest BCUT2D eigenvalue weighted by Gasteiger charge is 2.76. The summed E-state index contributed by atoms with van der Waals surface area (Å²) >= 11 is 1.68. The van der Waals surface area contributed by atoms with E-state index in [2.05, 4.69) is 6.07 Å². The zero-order valence-corrected chi connectivity index (χ0v) is 12.4. The normalized spacial score (nSPS) is 34.9. The first kappa shape index (κ1) is 13.7. The van der Waals surface area contributed by atoms with E-state index in [1.165, 1.54) is 5.56 Å². The fourth-order valence-corrected chi connectivity index (χ4v) is 5.34. The second-order valence-electron chi connectivity index (χ2n) is 5.79. The molecule has 2 aliphatic rings. The molecule has 0 aromatic heterocycles. The van der Waals surface area contributed by atoms with Crippen molar-refractivity contribution in [1.82, 2.24) is 0 Å². The Hall–Kier alpha value is -1.29. The molecule has 2 aliphatic carbocycles. The average molecular weight is 290 g/mol. The Morgan fingerprint density at radius 2 is 2.15 bits per heavy atom. The van der Waals surface area contributed by atoms with Crippen molar-refractivity contribution >= 4 is 23.5 Å². The van der Waals surface area contributed by atoms with Crippen LogP contribution in [0.25, 0.3) is 0 Å². The number of rotatable bonds is 4. The first-order valence-electron chi connectivity index (χ1n) is 7.00. The van der Waals surface area contributed by atoms with Crippen molar-refractivity contribution in [3.63, 3.8) is 0 Å². The highest BCUT2D eigenvalue weighted by molar-refractivity contribution is 8.00. The summed E-state index contributed by atoms with van der Waals surface area (Å²) < 4.78 is 0. The van der Waals surface area contributed by atoms with Gasteiger partial charge in [0.05, 0.1) is 5.41 Å². The third-order valence-electron chi connectivity index (χ3n) is 4.90. The molecule has 0 saturated heterocycles. The topological polar surface area (TPSA) is 54.4 Å². The maximum Gasteiger partial charge on any atom is 0.310 e. The van der Waals surface area contributed by atoms with Crippen LogP contribution in [0.15, 0.2) is 29.2 Å². The Kier molecular flexibility index (Phi) is 3.16. The van der Waals surface area contributed by atoms with Crippen LogP contribution in [0.4, 0.5) is 0 Å². The van der Waals surface area contributed by atoms with Gasteiger partial charge in [0, 0.05) is 22.5 Å². The molecule has 2 saturated carbocycles. The van der Waals surface area contributed by atoms with Crippen LogP contribution in [-0.2, 0) is 9.59 Å². The minimum atomic E-state index is -0.793.